The Balaban J connectivity index is 2.15. The number of anilines is 1. The lowest BCUT2D eigenvalue weighted by Crippen LogP contribution is -2.07. The minimum absolute atomic E-state index is 0.499. The van der Waals surface area contributed by atoms with E-state index in [2.05, 4.69) is 4.98 Å². The van der Waals surface area contributed by atoms with Gasteiger partial charge in [0.15, 0.2) is 5.13 Å². The van der Waals surface area contributed by atoms with Gasteiger partial charge in [0.1, 0.15) is 17.8 Å². The smallest absolute Gasteiger partial charge is 0.185 e. The minimum Gasteiger partial charge on any atom is -0.460 e. The topological polar surface area (TPSA) is 46.3 Å². The molecule has 0 bridgehead atoms. The first kappa shape index (κ1) is 11.9. The molecule has 0 saturated carbocycles. The summed E-state index contributed by atoms with van der Waals surface area (Å²) in [4.78, 5) is 17.5. The van der Waals surface area contributed by atoms with Gasteiger partial charge in [0.25, 0.3) is 0 Å². The van der Waals surface area contributed by atoms with Gasteiger partial charge in [-0.15, -0.1) is 0 Å². The van der Waals surface area contributed by atoms with Crippen molar-refractivity contribution in [2.45, 2.75) is 12.8 Å². The van der Waals surface area contributed by atoms with Crippen molar-refractivity contribution in [2.24, 2.45) is 0 Å². The Morgan fingerprint density at radius 1 is 1.47 bits per heavy atom. The van der Waals surface area contributed by atoms with E-state index in [9.17, 15) is 4.79 Å². The molecule has 0 aliphatic heterocycles. The molecule has 17 heavy (non-hydrogen) atoms. The summed E-state index contributed by atoms with van der Waals surface area (Å²) in [5.41, 5.74) is 0. The maximum Gasteiger partial charge on any atom is 0.185 e. The number of hydrogen-bond donors (Lipinski definition) is 0. The zero-order chi connectivity index (χ0) is 12.3. The Morgan fingerprint density at radius 3 is 2.94 bits per heavy atom. The highest BCUT2D eigenvalue weighted by atomic mass is 32.1. The summed E-state index contributed by atoms with van der Waals surface area (Å²) in [7, 11) is 3.92. The number of thiazole rings is 1. The molecule has 0 aliphatic rings. The number of nitrogens with zero attached hydrogens (tertiary/aromatic N) is 2. The number of hydrogen-bond acceptors (Lipinski definition) is 5. The Bertz CT molecular complexity index is 502. The molecule has 0 saturated heterocycles. The summed E-state index contributed by atoms with van der Waals surface area (Å²) < 4.78 is 5.66. The van der Waals surface area contributed by atoms with Gasteiger partial charge in [-0.05, 0) is 12.1 Å². The van der Waals surface area contributed by atoms with Crippen molar-refractivity contribution in [3.8, 4) is 10.6 Å². The van der Waals surface area contributed by atoms with Gasteiger partial charge >= 0.3 is 0 Å². The largest absolute Gasteiger partial charge is 0.460 e. The van der Waals surface area contributed by atoms with E-state index in [1.54, 1.807) is 11.3 Å². The van der Waals surface area contributed by atoms with Gasteiger partial charge in [0.2, 0.25) is 0 Å². The van der Waals surface area contributed by atoms with Gasteiger partial charge in [0, 0.05) is 26.9 Å². The monoisotopic (exact) mass is 250 g/mol. The number of aromatic nitrogens is 1. The lowest BCUT2D eigenvalue weighted by molar-refractivity contribution is -0.107. The van der Waals surface area contributed by atoms with Crippen molar-refractivity contribution in [1.82, 2.24) is 4.98 Å². The third kappa shape index (κ3) is 2.74. The molecule has 5 heteroatoms. The van der Waals surface area contributed by atoms with Crippen LogP contribution in [0.15, 0.2) is 22.7 Å². The van der Waals surface area contributed by atoms with Crippen molar-refractivity contribution in [3.05, 3.63) is 24.1 Å². The number of aryl methyl sites for hydroxylation is 1. The summed E-state index contributed by atoms with van der Waals surface area (Å²) in [6.07, 6.45) is 3.86. The molecule has 0 spiro atoms. The molecule has 0 radical (unpaired) electrons. The third-order valence-corrected chi connectivity index (χ3v) is 3.47. The van der Waals surface area contributed by atoms with Crippen molar-refractivity contribution < 1.29 is 9.21 Å². The van der Waals surface area contributed by atoms with Crippen molar-refractivity contribution in [3.63, 3.8) is 0 Å². The van der Waals surface area contributed by atoms with Gasteiger partial charge in [-0.2, -0.15) is 0 Å². The van der Waals surface area contributed by atoms with Gasteiger partial charge in [0.05, 0.1) is 11.1 Å². The van der Waals surface area contributed by atoms with E-state index in [-0.39, 0.29) is 0 Å². The first-order valence-electron chi connectivity index (χ1n) is 5.36. The molecule has 0 amide bonds. The molecule has 0 unspecified atom stereocenters. The van der Waals surface area contributed by atoms with Gasteiger partial charge in [-0.25, -0.2) is 4.98 Å². The second-order valence-corrected chi connectivity index (χ2v) is 4.88. The van der Waals surface area contributed by atoms with Crippen LogP contribution in [0.4, 0.5) is 5.13 Å². The van der Waals surface area contributed by atoms with Crippen molar-refractivity contribution in [2.75, 3.05) is 19.0 Å². The Morgan fingerprint density at radius 2 is 2.29 bits per heavy atom. The molecule has 2 aromatic rings. The van der Waals surface area contributed by atoms with Crippen LogP contribution < -0.4 is 4.90 Å². The maximum absolute atomic E-state index is 10.3. The molecule has 2 heterocycles. The fourth-order valence-electron chi connectivity index (χ4n) is 1.43. The molecule has 90 valence electrons. The predicted molar refractivity (Wildman–Crippen MR) is 68.5 cm³/mol. The number of carbonyl (C=O) groups excluding carboxylic acids is 1. The molecule has 0 aliphatic carbocycles. The molecule has 4 nitrogen and oxygen atoms in total. The molecular weight excluding hydrogens is 236 g/mol. The number of furan rings is 1. The molecule has 0 N–H and O–H groups in total. The quantitative estimate of drug-likeness (QED) is 0.765. The highest BCUT2D eigenvalue weighted by Crippen LogP contribution is 2.31. The highest BCUT2D eigenvalue weighted by Gasteiger charge is 2.09. The van der Waals surface area contributed by atoms with Crippen LogP contribution in [0.25, 0.3) is 10.6 Å². The summed E-state index contributed by atoms with van der Waals surface area (Å²) in [6, 6.07) is 3.83. The Labute approximate surface area is 104 Å². The standard InChI is InChI=1S/C12H14N2O2S/c1-14(2)12-13-8-11(17-12)10-6-5-9(16-10)4-3-7-15/h5-8H,3-4H2,1-2H3. The summed E-state index contributed by atoms with van der Waals surface area (Å²) in [5, 5.41) is 0.950. The highest BCUT2D eigenvalue weighted by molar-refractivity contribution is 7.18. The van der Waals surface area contributed by atoms with Crippen LogP contribution in [-0.2, 0) is 11.2 Å². The van der Waals surface area contributed by atoms with Crippen molar-refractivity contribution in [1.29, 1.82) is 0 Å². The zero-order valence-corrected chi connectivity index (χ0v) is 10.7. The molecule has 2 aromatic heterocycles. The van der Waals surface area contributed by atoms with E-state index in [1.165, 1.54) is 0 Å². The van der Waals surface area contributed by atoms with E-state index in [4.69, 9.17) is 4.42 Å². The van der Waals surface area contributed by atoms with Crippen LogP contribution in [-0.4, -0.2) is 25.4 Å². The second-order valence-electron chi connectivity index (χ2n) is 3.87. The first-order valence-corrected chi connectivity index (χ1v) is 6.18. The van der Waals surface area contributed by atoms with Crippen LogP contribution in [0.1, 0.15) is 12.2 Å². The zero-order valence-electron chi connectivity index (χ0n) is 9.84. The lowest BCUT2D eigenvalue weighted by Gasteiger charge is -2.04. The predicted octanol–water partition coefficient (Wildman–Crippen LogP) is 2.60. The fraction of sp³-hybridized carbons (Fsp3) is 0.333. The third-order valence-electron chi connectivity index (χ3n) is 2.29. The van der Waals surface area contributed by atoms with Crippen LogP contribution in [0, 0.1) is 0 Å². The van der Waals surface area contributed by atoms with Gasteiger partial charge in [-0.1, -0.05) is 11.3 Å². The van der Waals surface area contributed by atoms with Crippen LogP contribution >= 0.6 is 11.3 Å². The second kappa shape index (κ2) is 5.14. The first-order chi connectivity index (χ1) is 8.20. The normalized spacial score (nSPS) is 10.5. The Kier molecular flexibility index (Phi) is 3.58. The number of rotatable bonds is 5. The van der Waals surface area contributed by atoms with Crippen LogP contribution in [0.3, 0.4) is 0 Å². The van der Waals surface area contributed by atoms with Gasteiger partial charge < -0.3 is 14.1 Å². The van der Waals surface area contributed by atoms with E-state index in [0.29, 0.717) is 12.8 Å². The number of aldehydes is 1. The Hall–Kier alpha value is -1.62. The average molecular weight is 250 g/mol. The van der Waals surface area contributed by atoms with E-state index in [0.717, 1.165) is 27.8 Å². The van der Waals surface area contributed by atoms with Gasteiger partial charge in [-0.3, -0.25) is 0 Å². The average Bonchev–Trinajstić information content (AvgIpc) is 2.94. The summed E-state index contributed by atoms with van der Waals surface area (Å²) >= 11 is 1.58. The molecule has 0 fully saturated rings. The summed E-state index contributed by atoms with van der Waals surface area (Å²) in [6.45, 7) is 0. The number of carbonyl (C=O) groups is 1. The molecule has 0 aromatic carbocycles. The van der Waals surface area contributed by atoms with Crippen LogP contribution in [0.2, 0.25) is 0 Å². The van der Waals surface area contributed by atoms with E-state index < -0.39 is 0 Å². The summed E-state index contributed by atoms with van der Waals surface area (Å²) in [5.74, 6) is 1.66. The molecule has 2 rings (SSSR count). The fourth-order valence-corrected chi connectivity index (χ4v) is 2.23. The molecular formula is C12H14N2O2S. The van der Waals surface area contributed by atoms with E-state index in [1.807, 2.05) is 37.3 Å². The van der Waals surface area contributed by atoms with Crippen molar-refractivity contribution >= 4 is 22.8 Å². The van der Waals surface area contributed by atoms with E-state index >= 15 is 0 Å². The maximum atomic E-state index is 10.3. The lowest BCUT2D eigenvalue weighted by atomic mass is 10.3. The molecule has 0 atom stereocenters. The SMILES string of the molecule is CN(C)c1ncc(-c2ccc(CCC=O)o2)s1. The van der Waals surface area contributed by atoms with Crippen LogP contribution in [0.5, 0.6) is 0 Å². The minimum atomic E-state index is 0.499.